The number of carbonyl (C=O) groups is 1. The summed E-state index contributed by atoms with van der Waals surface area (Å²) in [7, 11) is 0. The maximum atomic E-state index is 13.5. The Morgan fingerprint density at radius 3 is 2.44 bits per heavy atom. The molecule has 2 fully saturated rings. The van der Waals surface area contributed by atoms with E-state index in [0.717, 1.165) is 54.4 Å². The van der Waals surface area contributed by atoms with E-state index in [9.17, 15) is 14.3 Å². The molecule has 1 amide bonds. The van der Waals surface area contributed by atoms with Crippen molar-refractivity contribution in [3.05, 3.63) is 89.5 Å². The van der Waals surface area contributed by atoms with Gasteiger partial charge in [-0.25, -0.2) is 4.39 Å². The van der Waals surface area contributed by atoms with Crippen LogP contribution in [0.5, 0.6) is 5.75 Å². The highest BCUT2D eigenvalue weighted by Crippen LogP contribution is 2.41. The lowest BCUT2D eigenvalue weighted by Crippen LogP contribution is -2.49. The molecule has 2 heterocycles. The van der Waals surface area contributed by atoms with Gasteiger partial charge in [0.25, 0.3) is 5.91 Å². The number of allylic oxidation sites excluding steroid dienone is 1. The number of hydrogen-bond donors (Lipinski definition) is 1. The number of benzene rings is 2. The Morgan fingerprint density at radius 2 is 1.83 bits per heavy atom. The van der Waals surface area contributed by atoms with Crippen LogP contribution < -0.4 is 4.90 Å². The first kappa shape index (κ1) is 27.3. The summed E-state index contributed by atoms with van der Waals surface area (Å²) in [5, 5.41) is 10.6. The molecular weight excluding hydrogens is 451 g/mol. The number of hydrogen-bond acceptors (Lipinski definition) is 3. The van der Waals surface area contributed by atoms with Gasteiger partial charge in [0.2, 0.25) is 0 Å². The van der Waals surface area contributed by atoms with E-state index >= 15 is 0 Å². The minimum absolute atomic E-state index is 0.0263. The summed E-state index contributed by atoms with van der Waals surface area (Å²) in [6.07, 6.45) is 11.3. The van der Waals surface area contributed by atoms with Gasteiger partial charge in [-0.3, -0.25) is 4.79 Å². The van der Waals surface area contributed by atoms with Gasteiger partial charge in [-0.2, -0.15) is 0 Å². The van der Waals surface area contributed by atoms with Gasteiger partial charge in [-0.05, 0) is 87.4 Å². The third-order valence-corrected chi connectivity index (χ3v) is 6.47. The first-order chi connectivity index (χ1) is 17.3. The Morgan fingerprint density at radius 1 is 1.14 bits per heavy atom. The molecule has 2 atom stereocenters. The van der Waals surface area contributed by atoms with Crippen molar-refractivity contribution in [1.29, 1.82) is 0 Å². The van der Waals surface area contributed by atoms with Crippen LogP contribution in [0.2, 0.25) is 0 Å². The second-order valence-corrected chi connectivity index (χ2v) is 9.82. The minimum Gasteiger partial charge on any atom is -0.506 e. The maximum Gasteiger partial charge on any atom is 0.250 e. The molecule has 5 heteroatoms. The number of carbonyl (C=O) groups excluding carboxylic acids is 1. The number of aromatic hydroxyl groups is 1. The highest BCUT2D eigenvalue weighted by molar-refractivity contribution is 5.99. The molecule has 0 saturated carbocycles. The van der Waals surface area contributed by atoms with Crippen LogP contribution in [0, 0.1) is 5.82 Å². The zero-order valence-corrected chi connectivity index (χ0v) is 22.0. The average Bonchev–Trinajstić information content (AvgIpc) is 2.85. The van der Waals surface area contributed by atoms with Crippen LogP contribution in [0.25, 0.3) is 6.08 Å². The number of fused-ring (bicyclic) bond motifs is 1. The average molecular weight is 491 g/mol. The van der Waals surface area contributed by atoms with Crippen molar-refractivity contribution in [1.82, 2.24) is 4.90 Å². The van der Waals surface area contributed by atoms with Gasteiger partial charge in [0, 0.05) is 24.0 Å². The molecule has 2 saturated heterocycles. The molecule has 0 aromatic heterocycles. The van der Waals surface area contributed by atoms with E-state index < -0.39 is 0 Å². The normalized spacial score (nSPS) is 20.2. The van der Waals surface area contributed by atoms with Crippen molar-refractivity contribution in [2.75, 3.05) is 4.90 Å². The molecule has 2 aliphatic rings. The highest BCUT2D eigenvalue weighted by Gasteiger charge is 2.39. The summed E-state index contributed by atoms with van der Waals surface area (Å²) in [5.74, 6) is -0.0920. The predicted molar refractivity (Wildman–Crippen MR) is 147 cm³/mol. The molecule has 2 unspecified atom stereocenters. The Labute approximate surface area is 215 Å². The number of nitrogens with zero attached hydrogens (tertiary/aromatic N) is 2. The lowest BCUT2D eigenvalue weighted by molar-refractivity contribution is -0.136. The van der Waals surface area contributed by atoms with Gasteiger partial charge >= 0.3 is 0 Å². The molecule has 2 aliphatic heterocycles. The van der Waals surface area contributed by atoms with Crippen molar-refractivity contribution >= 4 is 17.7 Å². The molecule has 2 aromatic rings. The molecule has 4 rings (SSSR count). The highest BCUT2D eigenvalue weighted by atomic mass is 19.1. The van der Waals surface area contributed by atoms with Crippen molar-refractivity contribution in [2.45, 2.75) is 78.3 Å². The van der Waals surface area contributed by atoms with Gasteiger partial charge in [0.15, 0.2) is 0 Å². The van der Waals surface area contributed by atoms with E-state index in [1.807, 2.05) is 43.2 Å². The third kappa shape index (κ3) is 6.45. The van der Waals surface area contributed by atoms with Crippen LogP contribution >= 0.6 is 0 Å². The second kappa shape index (κ2) is 12.6. The topological polar surface area (TPSA) is 43.8 Å². The van der Waals surface area contributed by atoms with E-state index in [-0.39, 0.29) is 29.6 Å². The summed E-state index contributed by atoms with van der Waals surface area (Å²) in [4.78, 5) is 17.3. The summed E-state index contributed by atoms with van der Waals surface area (Å²) < 4.78 is 13.4. The molecule has 1 N–H and O–H groups in total. The fourth-order valence-electron chi connectivity index (χ4n) is 4.96. The first-order valence-corrected chi connectivity index (χ1v) is 13.0. The van der Waals surface area contributed by atoms with Crippen molar-refractivity contribution in [2.24, 2.45) is 0 Å². The number of rotatable bonds is 5. The lowest BCUT2D eigenvalue weighted by atomic mass is 9.84. The van der Waals surface area contributed by atoms with Crippen LogP contribution in [0.1, 0.15) is 83.4 Å². The van der Waals surface area contributed by atoms with Crippen LogP contribution in [0.4, 0.5) is 10.1 Å². The molecule has 0 bridgehead atoms. The first-order valence-electron chi connectivity index (χ1n) is 13.0. The van der Waals surface area contributed by atoms with Gasteiger partial charge in [-0.15, -0.1) is 0 Å². The van der Waals surface area contributed by atoms with E-state index in [4.69, 9.17) is 0 Å². The monoisotopic (exact) mass is 490 g/mol. The number of anilines is 1. The second-order valence-electron chi connectivity index (χ2n) is 9.82. The lowest BCUT2D eigenvalue weighted by Gasteiger charge is -2.46. The van der Waals surface area contributed by atoms with Crippen molar-refractivity contribution < 1.29 is 14.3 Å². The number of phenols is 1. The van der Waals surface area contributed by atoms with Crippen LogP contribution in [-0.2, 0) is 4.79 Å². The van der Waals surface area contributed by atoms with Crippen LogP contribution in [0.3, 0.4) is 0 Å². The summed E-state index contributed by atoms with van der Waals surface area (Å²) in [6, 6.07) is 12.1. The molecule has 0 radical (unpaired) electrons. The quantitative estimate of drug-likeness (QED) is 0.430. The zero-order valence-electron chi connectivity index (χ0n) is 22.0. The molecule has 36 heavy (non-hydrogen) atoms. The molecule has 0 aliphatic carbocycles. The van der Waals surface area contributed by atoms with E-state index in [0.29, 0.717) is 5.69 Å². The van der Waals surface area contributed by atoms with Crippen LogP contribution in [0.15, 0.2) is 72.6 Å². The molecule has 2 aromatic carbocycles. The number of halogens is 1. The summed E-state index contributed by atoms with van der Waals surface area (Å²) >= 11 is 0. The van der Waals surface area contributed by atoms with E-state index in [1.54, 1.807) is 29.3 Å². The van der Waals surface area contributed by atoms with Gasteiger partial charge < -0.3 is 14.9 Å². The SMILES string of the molecule is C=CN(C=C(C)C)c1ccc(/C=C2\CCC3CCCC(c4ccc(F)cc4)N3C2=O)cc1O.CCC. The van der Waals surface area contributed by atoms with Crippen molar-refractivity contribution in [3.63, 3.8) is 0 Å². The molecule has 4 nitrogen and oxygen atoms in total. The molecule has 192 valence electrons. The standard InChI is InChI=1S/C28H31FN2O2.C3H8/c1-4-30(18-19(2)3)26-15-8-20(17-27(26)32)16-22-11-14-24-6-5-7-25(31(24)28(22)33)21-9-12-23(29)13-10-21;1-3-2/h4,8-10,12-13,15-18,24-25,32H,1,5-7,11,14H2,2-3H3;3H2,1-2H3/b22-16+;. The molecule has 0 spiro atoms. The fraction of sp³-hybridized carbons (Fsp3) is 0.387. The fourth-order valence-corrected chi connectivity index (χ4v) is 4.96. The molecular formula is C31H39FN2O2. The predicted octanol–water partition coefficient (Wildman–Crippen LogP) is 8.12. The largest absolute Gasteiger partial charge is 0.506 e. The number of phenolic OH excluding ortho intramolecular Hbond substituents is 1. The van der Waals surface area contributed by atoms with Crippen molar-refractivity contribution in [3.8, 4) is 5.75 Å². The Bertz CT molecular complexity index is 1120. The van der Waals surface area contributed by atoms with Gasteiger partial charge in [0.1, 0.15) is 11.6 Å². The Kier molecular flexibility index (Phi) is 9.51. The third-order valence-electron chi connectivity index (χ3n) is 6.47. The van der Waals surface area contributed by atoms with Gasteiger partial charge in [0.05, 0.1) is 11.7 Å². The Balaban J connectivity index is 0.00000115. The summed E-state index contributed by atoms with van der Waals surface area (Å²) in [5.41, 5.74) is 4.24. The number of piperidine rings is 2. The van der Waals surface area contributed by atoms with Gasteiger partial charge in [-0.1, -0.05) is 50.6 Å². The summed E-state index contributed by atoms with van der Waals surface area (Å²) in [6.45, 7) is 12.0. The maximum absolute atomic E-state index is 13.5. The smallest absolute Gasteiger partial charge is 0.250 e. The van der Waals surface area contributed by atoms with Crippen LogP contribution in [-0.4, -0.2) is 22.0 Å². The Hall–Kier alpha value is -3.34. The number of amides is 1. The minimum atomic E-state index is -0.264. The zero-order chi connectivity index (χ0) is 26.2. The van der Waals surface area contributed by atoms with E-state index in [2.05, 4.69) is 20.4 Å². The van der Waals surface area contributed by atoms with E-state index in [1.165, 1.54) is 18.6 Å².